The van der Waals surface area contributed by atoms with Gasteiger partial charge in [0.15, 0.2) is 0 Å². The third kappa shape index (κ3) is 3.18. The van der Waals surface area contributed by atoms with Crippen LogP contribution < -0.4 is 26.0 Å². The molecule has 0 atom stereocenters. The number of para-hydroxylation sites is 1. The summed E-state index contributed by atoms with van der Waals surface area (Å²) in [7, 11) is 1.76. The fourth-order valence-corrected chi connectivity index (χ4v) is 10.2. The summed E-state index contributed by atoms with van der Waals surface area (Å²) >= 11 is 0. The van der Waals surface area contributed by atoms with Crippen molar-refractivity contribution in [1.29, 1.82) is 0 Å². The summed E-state index contributed by atoms with van der Waals surface area (Å²) in [6, 6.07) is 38.5. The third-order valence-electron chi connectivity index (χ3n) is 5.69. The van der Waals surface area contributed by atoms with Gasteiger partial charge in [-0.2, -0.15) is 0 Å². The molecule has 4 aromatic carbocycles. The van der Waals surface area contributed by atoms with E-state index in [1.54, 1.807) is 7.11 Å². The minimum absolute atomic E-state index is 0.366. The van der Waals surface area contributed by atoms with E-state index in [0.29, 0.717) is 5.75 Å². The van der Waals surface area contributed by atoms with Gasteiger partial charge < -0.3 is 0 Å². The Kier molecular flexibility index (Phi) is 5.73. The van der Waals surface area contributed by atoms with E-state index in [9.17, 15) is 4.79 Å². The molecular weight excluding hydrogens is 403 g/mol. The van der Waals surface area contributed by atoms with Crippen molar-refractivity contribution in [3.05, 3.63) is 115 Å². The molecule has 31 heavy (non-hydrogen) atoms. The molecule has 0 amide bonds. The van der Waals surface area contributed by atoms with Crippen molar-refractivity contribution in [2.24, 2.45) is 0 Å². The molecule has 0 saturated carbocycles. The van der Waals surface area contributed by atoms with Gasteiger partial charge in [-0.1, -0.05) is 0 Å². The van der Waals surface area contributed by atoms with Gasteiger partial charge in [0.25, 0.3) is 0 Å². The molecule has 0 heterocycles. The van der Waals surface area contributed by atoms with E-state index >= 15 is 0 Å². The maximum atomic E-state index is 12.0. The molecule has 4 rings (SSSR count). The van der Waals surface area contributed by atoms with Gasteiger partial charge in [0.1, 0.15) is 0 Å². The number of benzene rings is 4. The number of hydrogen-bond donors (Lipinski definition) is 0. The van der Waals surface area contributed by atoms with E-state index in [1.165, 1.54) is 6.92 Å². The van der Waals surface area contributed by atoms with Crippen LogP contribution in [0.2, 0.25) is 0 Å². The van der Waals surface area contributed by atoms with Crippen LogP contribution in [0.25, 0.3) is 0 Å². The minimum atomic E-state index is -3.74. The van der Waals surface area contributed by atoms with Gasteiger partial charge in [0, 0.05) is 0 Å². The zero-order chi connectivity index (χ0) is 21.8. The second-order valence-corrected chi connectivity index (χ2v) is 11.8. The van der Waals surface area contributed by atoms with Crippen molar-refractivity contribution in [3.8, 4) is 5.75 Å². The van der Waals surface area contributed by atoms with E-state index in [2.05, 4.69) is 36.4 Å². The molecule has 0 aromatic heterocycles. The Balaban J connectivity index is 2.28. The molecule has 0 spiro atoms. The number of esters is 1. The monoisotopic (exact) mass is 428 g/mol. The van der Waals surface area contributed by atoms with Gasteiger partial charge in [-0.05, 0) is 0 Å². The van der Waals surface area contributed by atoms with Gasteiger partial charge >= 0.3 is 183 Å². The van der Waals surface area contributed by atoms with Crippen LogP contribution in [-0.4, -0.2) is 13.1 Å². The van der Waals surface area contributed by atoms with E-state index in [0.717, 1.165) is 21.2 Å². The summed E-state index contributed by atoms with van der Waals surface area (Å²) in [5, 5.41) is 3.96. The zero-order valence-electron chi connectivity index (χ0n) is 17.6. The average Bonchev–Trinajstić information content (AvgIpc) is 2.83. The average molecular weight is 428 g/mol. The number of ether oxygens (including phenoxy) is 1. The quantitative estimate of drug-likeness (QED) is 0.261. The van der Waals surface area contributed by atoms with Crippen molar-refractivity contribution < 1.29 is 14.1 Å². The first-order valence-electron chi connectivity index (χ1n) is 10.2. The summed E-state index contributed by atoms with van der Waals surface area (Å²) in [6.07, 6.45) is 0. The van der Waals surface area contributed by atoms with Crippen molar-refractivity contribution >= 4 is 34.0 Å². The Morgan fingerprint density at radius 2 is 1.00 bits per heavy atom. The van der Waals surface area contributed by atoms with Gasteiger partial charge in [-0.25, -0.2) is 0 Å². The molecule has 0 aliphatic rings. The molecule has 0 saturated heterocycles. The molecule has 0 aliphatic heterocycles. The van der Waals surface area contributed by atoms with Crippen molar-refractivity contribution in [2.75, 3.05) is 7.11 Å². The van der Waals surface area contributed by atoms with Gasteiger partial charge in [0.05, 0.1) is 0 Å². The Morgan fingerprint density at radius 3 is 1.39 bits per heavy atom. The van der Waals surface area contributed by atoms with Crippen LogP contribution in [0.5, 0.6) is 5.75 Å². The molecule has 4 heteroatoms. The second-order valence-electron chi connectivity index (χ2n) is 7.29. The third-order valence-corrected chi connectivity index (χ3v) is 11.6. The van der Waals surface area contributed by atoms with Gasteiger partial charge in [-0.3, -0.25) is 0 Å². The fourth-order valence-electron chi connectivity index (χ4n) is 4.47. The van der Waals surface area contributed by atoms with Crippen molar-refractivity contribution in [1.82, 2.24) is 0 Å². The number of carbonyl (C=O) groups is 1. The predicted octanol–water partition coefficient (Wildman–Crippen LogP) is 4.33. The Labute approximate surface area is 183 Å². The van der Waals surface area contributed by atoms with Crippen LogP contribution >= 0.6 is 6.83 Å². The number of carbonyl (C=O) groups excluding carboxylic acids is 1. The maximum absolute atomic E-state index is 12.0. The SMILES string of the molecule is COP(c1ccccc1)(c1ccccc1)(c1ccccc1)c1ccccc1OC(C)=O. The molecule has 3 nitrogen and oxygen atoms in total. The fraction of sp³-hybridized carbons (Fsp3) is 0.0741. The van der Waals surface area contributed by atoms with Crippen LogP contribution in [-0.2, 0) is 9.32 Å². The first-order chi connectivity index (χ1) is 15.1. The standard InChI is InChI=1S/C27H25O3P/c1-22(28)30-26-20-12-13-21-27(26)31(29-2,23-14-6-3-7-15-23,24-16-8-4-9-17-24)25-18-10-5-11-19-25/h3-21H,1-2H3. The van der Waals surface area contributed by atoms with E-state index in [-0.39, 0.29) is 5.97 Å². The second kappa shape index (κ2) is 8.47. The molecule has 156 valence electrons. The Morgan fingerprint density at radius 1 is 0.613 bits per heavy atom. The molecule has 0 fully saturated rings. The van der Waals surface area contributed by atoms with E-state index < -0.39 is 6.83 Å². The van der Waals surface area contributed by atoms with Crippen molar-refractivity contribution in [2.45, 2.75) is 6.92 Å². The topological polar surface area (TPSA) is 35.5 Å². The molecule has 0 N–H and O–H groups in total. The summed E-state index contributed by atoms with van der Waals surface area (Å²) in [6.45, 7) is -2.32. The Bertz CT molecular complexity index is 1080. The molecule has 0 bridgehead atoms. The normalized spacial score (nSPS) is 12.5. The molecule has 0 radical (unpaired) electrons. The van der Waals surface area contributed by atoms with Gasteiger partial charge in [-0.15, -0.1) is 0 Å². The first-order valence-corrected chi connectivity index (χ1v) is 12.3. The molecule has 0 aliphatic carbocycles. The van der Waals surface area contributed by atoms with Crippen molar-refractivity contribution in [3.63, 3.8) is 0 Å². The summed E-state index contributed by atoms with van der Waals surface area (Å²) < 4.78 is 12.6. The number of rotatable bonds is 6. The van der Waals surface area contributed by atoms with E-state index in [1.807, 2.05) is 78.9 Å². The van der Waals surface area contributed by atoms with Crippen LogP contribution in [0.1, 0.15) is 6.92 Å². The summed E-state index contributed by atoms with van der Waals surface area (Å²) in [5.74, 6) is 0.139. The number of hydrogen-bond acceptors (Lipinski definition) is 3. The molecular formula is C27H25O3P. The van der Waals surface area contributed by atoms with Crippen LogP contribution in [0, 0.1) is 0 Å². The predicted molar refractivity (Wildman–Crippen MR) is 130 cm³/mol. The molecule has 0 unspecified atom stereocenters. The van der Waals surface area contributed by atoms with Crippen LogP contribution in [0.4, 0.5) is 0 Å². The summed E-state index contributed by atoms with van der Waals surface area (Å²) in [4.78, 5) is 12.0. The van der Waals surface area contributed by atoms with Crippen LogP contribution in [0.3, 0.4) is 0 Å². The zero-order valence-corrected chi connectivity index (χ0v) is 18.5. The van der Waals surface area contributed by atoms with Gasteiger partial charge in [0.2, 0.25) is 0 Å². The summed E-state index contributed by atoms with van der Waals surface area (Å²) in [5.41, 5.74) is 0. The van der Waals surface area contributed by atoms with Crippen LogP contribution in [0.15, 0.2) is 115 Å². The van der Waals surface area contributed by atoms with E-state index in [4.69, 9.17) is 9.26 Å². The Hall–Kier alpha value is -3.26. The first kappa shape index (κ1) is 21.0. The molecule has 4 aromatic rings.